The molecule has 1 amide bonds. The van der Waals surface area contributed by atoms with E-state index in [9.17, 15) is 14.7 Å². The lowest BCUT2D eigenvalue weighted by Crippen LogP contribution is -2.30. The van der Waals surface area contributed by atoms with Crippen molar-refractivity contribution in [2.24, 2.45) is 5.10 Å². The summed E-state index contributed by atoms with van der Waals surface area (Å²) in [7, 11) is 0. The molecule has 0 atom stereocenters. The molecule has 2 N–H and O–H groups in total. The largest absolute Gasteiger partial charge is 0.508 e. The highest BCUT2D eigenvalue weighted by atomic mass is 16.3. The Morgan fingerprint density at radius 3 is 2.75 bits per heavy atom. The van der Waals surface area contributed by atoms with Gasteiger partial charge in [-0.25, -0.2) is 10.4 Å². The molecule has 7 heteroatoms. The molecule has 3 rings (SSSR count). The van der Waals surface area contributed by atoms with E-state index in [0.717, 1.165) is 5.56 Å². The van der Waals surface area contributed by atoms with Crippen LogP contribution in [0.5, 0.6) is 5.75 Å². The normalized spacial score (nSPS) is 11.0. The lowest BCUT2D eigenvalue weighted by Gasteiger charge is -2.05. The van der Waals surface area contributed by atoms with Crippen molar-refractivity contribution in [3.63, 3.8) is 0 Å². The van der Waals surface area contributed by atoms with Gasteiger partial charge >= 0.3 is 0 Å². The first-order valence-electron chi connectivity index (χ1n) is 7.18. The van der Waals surface area contributed by atoms with Crippen molar-refractivity contribution in [2.45, 2.75) is 6.54 Å². The zero-order valence-corrected chi connectivity index (χ0v) is 12.6. The maximum atomic E-state index is 12.3. The van der Waals surface area contributed by atoms with Crippen LogP contribution in [0.2, 0.25) is 0 Å². The number of hydrogen-bond donors (Lipinski definition) is 2. The van der Waals surface area contributed by atoms with E-state index in [1.165, 1.54) is 29.2 Å². The van der Waals surface area contributed by atoms with Crippen LogP contribution >= 0.6 is 0 Å². The zero-order chi connectivity index (χ0) is 16.9. The molecule has 0 bridgehead atoms. The minimum absolute atomic E-state index is 0.152. The predicted octanol–water partition coefficient (Wildman–Crippen LogP) is 1.25. The van der Waals surface area contributed by atoms with E-state index in [1.807, 2.05) is 0 Å². The number of para-hydroxylation sites is 1. The smallest absolute Gasteiger partial charge is 0.261 e. The van der Waals surface area contributed by atoms with E-state index >= 15 is 0 Å². The summed E-state index contributed by atoms with van der Waals surface area (Å²) in [5.41, 5.74) is 3.38. The summed E-state index contributed by atoms with van der Waals surface area (Å²) in [6.07, 6.45) is 2.78. The second-order valence-corrected chi connectivity index (χ2v) is 5.08. The Hall–Kier alpha value is -3.48. The van der Waals surface area contributed by atoms with E-state index in [4.69, 9.17) is 0 Å². The Labute approximate surface area is 136 Å². The summed E-state index contributed by atoms with van der Waals surface area (Å²) >= 11 is 0. The van der Waals surface area contributed by atoms with Gasteiger partial charge < -0.3 is 5.11 Å². The van der Waals surface area contributed by atoms with Gasteiger partial charge in [0.1, 0.15) is 12.3 Å². The number of amides is 1. The molecule has 7 nitrogen and oxygen atoms in total. The van der Waals surface area contributed by atoms with Gasteiger partial charge in [-0.3, -0.25) is 14.2 Å². The van der Waals surface area contributed by atoms with Crippen molar-refractivity contribution in [3.05, 3.63) is 70.8 Å². The first-order valence-corrected chi connectivity index (χ1v) is 7.18. The average molecular weight is 322 g/mol. The molecule has 24 heavy (non-hydrogen) atoms. The Morgan fingerprint density at radius 1 is 1.21 bits per heavy atom. The molecule has 0 aliphatic heterocycles. The Kier molecular flexibility index (Phi) is 4.33. The van der Waals surface area contributed by atoms with Crippen molar-refractivity contribution in [1.29, 1.82) is 0 Å². The second kappa shape index (κ2) is 6.74. The highest BCUT2D eigenvalue weighted by molar-refractivity contribution is 5.82. The summed E-state index contributed by atoms with van der Waals surface area (Å²) in [5.74, 6) is -0.288. The molecule has 1 heterocycles. The Balaban J connectivity index is 1.68. The monoisotopic (exact) mass is 322 g/mol. The van der Waals surface area contributed by atoms with Crippen LogP contribution in [-0.4, -0.2) is 26.8 Å². The van der Waals surface area contributed by atoms with Gasteiger partial charge in [0, 0.05) is 0 Å². The van der Waals surface area contributed by atoms with Gasteiger partial charge in [-0.1, -0.05) is 12.1 Å². The van der Waals surface area contributed by atoms with Gasteiger partial charge in [0.25, 0.3) is 11.5 Å². The molecule has 0 spiro atoms. The summed E-state index contributed by atoms with van der Waals surface area (Å²) in [6.45, 7) is -0.177. The van der Waals surface area contributed by atoms with Crippen molar-refractivity contribution in [3.8, 4) is 5.75 Å². The van der Waals surface area contributed by atoms with Gasteiger partial charge in [-0.2, -0.15) is 5.10 Å². The molecule has 0 fully saturated rings. The van der Waals surface area contributed by atoms with E-state index in [2.05, 4.69) is 15.5 Å². The number of nitrogens with zero attached hydrogens (tertiary/aromatic N) is 3. The van der Waals surface area contributed by atoms with Gasteiger partial charge in [0.05, 0.1) is 23.4 Å². The fourth-order valence-corrected chi connectivity index (χ4v) is 2.15. The van der Waals surface area contributed by atoms with Gasteiger partial charge in [0.15, 0.2) is 0 Å². The quantitative estimate of drug-likeness (QED) is 0.558. The minimum atomic E-state index is -0.441. The third-order valence-electron chi connectivity index (χ3n) is 3.34. The summed E-state index contributed by atoms with van der Waals surface area (Å²) in [5, 5.41) is 13.5. The molecule has 2 aromatic carbocycles. The molecule has 120 valence electrons. The number of carbonyl (C=O) groups is 1. The highest BCUT2D eigenvalue weighted by Crippen LogP contribution is 2.07. The topological polar surface area (TPSA) is 96.6 Å². The van der Waals surface area contributed by atoms with Crippen molar-refractivity contribution < 1.29 is 9.90 Å². The summed E-state index contributed by atoms with van der Waals surface area (Å²) in [4.78, 5) is 28.3. The number of phenols is 1. The number of aromatic hydroxyl groups is 1. The Bertz CT molecular complexity index is 961. The predicted molar refractivity (Wildman–Crippen MR) is 89.8 cm³/mol. The zero-order valence-electron chi connectivity index (χ0n) is 12.6. The molecule has 0 saturated heterocycles. The fraction of sp³-hybridized carbons (Fsp3) is 0.0588. The number of aromatic nitrogens is 2. The SMILES string of the molecule is O=C(Cn1cnc2ccccc2c1=O)N/N=C/c1ccc(O)cc1. The van der Waals surface area contributed by atoms with Crippen molar-refractivity contribution in [1.82, 2.24) is 15.0 Å². The number of nitrogens with one attached hydrogen (secondary N) is 1. The summed E-state index contributed by atoms with van der Waals surface area (Å²) < 4.78 is 1.23. The van der Waals surface area contributed by atoms with Crippen LogP contribution in [0.25, 0.3) is 10.9 Å². The van der Waals surface area contributed by atoms with Gasteiger partial charge in [-0.15, -0.1) is 0 Å². The average Bonchev–Trinajstić information content (AvgIpc) is 2.59. The molecule has 0 aliphatic carbocycles. The standard InChI is InChI=1S/C17H14N4O3/c22-13-7-5-12(6-8-13)9-19-20-16(23)10-21-11-18-15-4-2-1-3-14(15)17(21)24/h1-9,11,22H,10H2,(H,20,23)/b19-9+. The number of fused-ring (bicyclic) bond motifs is 1. The summed E-state index contributed by atoms with van der Waals surface area (Å²) in [6, 6.07) is 13.3. The first-order chi connectivity index (χ1) is 11.6. The molecule has 0 saturated carbocycles. The number of carbonyl (C=O) groups excluding carboxylic acids is 1. The van der Waals surface area contributed by atoms with Crippen LogP contribution in [0.15, 0.2) is 64.8 Å². The van der Waals surface area contributed by atoms with Gasteiger partial charge in [0.2, 0.25) is 0 Å². The van der Waals surface area contributed by atoms with E-state index in [-0.39, 0.29) is 17.9 Å². The van der Waals surface area contributed by atoms with Gasteiger partial charge in [-0.05, 0) is 42.0 Å². The maximum absolute atomic E-state index is 12.3. The second-order valence-electron chi connectivity index (χ2n) is 5.08. The maximum Gasteiger partial charge on any atom is 0.261 e. The highest BCUT2D eigenvalue weighted by Gasteiger charge is 2.07. The van der Waals surface area contributed by atoms with E-state index < -0.39 is 5.91 Å². The van der Waals surface area contributed by atoms with E-state index in [1.54, 1.807) is 36.4 Å². The van der Waals surface area contributed by atoms with Crippen LogP contribution in [0.3, 0.4) is 0 Å². The van der Waals surface area contributed by atoms with E-state index in [0.29, 0.717) is 10.9 Å². The number of hydrogen-bond acceptors (Lipinski definition) is 5. The van der Waals surface area contributed by atoms with Crippen LogP contribution in [0.1, 0.15) is 5.56 Å². The van der Waals surface area contributed by atoms with Crippen LogP contribution < -0.4 is 11.0 Å². The first kappa shape index (κ1) is 15.4. The van der Waals surface area contributed by atoms with Crippen LogP contribution in [-0.2, 0) is 11.3 Å². The molecular formula is C17H14N4O3. The lowest BCUT2D eigenvalue weighted by molar-refractivity contribution is -0.121. The molecule has 0 radical (unpaired) electrons. The molecule has 3 aromatic rings. The third kappa shape index (κ3) is 3.46. The van der Waals surface area contributed by atoms with Crippen molar-refractivity contribution >= 4 is 23.0 Å². The molecule has 0 unspecified atom stereocenters. The Morgan fingerprint density at radius 2 is 1.96 bits per heavy atom. The third-order valence-corrected chi connectivity index (χ3v) is 3.34. The van der Waals surface area contributed by atoms with Crippen molar-refractivity contribution in [2.75, 3.05) is 0 Å². The van der Waals surface area contributed by atoms with Crippen LogP contribution in [0, 0.1) is 0 Å². The number of hydrazone groups is 1. The lowest BCUT2D eigenvalue weighted by atomic mass is 10.2. The number of rotatable bonds is 4. The molecule has 1 aromatic heterocycles. The fourth-order valence-electron chi connectivity index (χ4n) is 2.15. The number of benzene rings is 2. The number of phenolic OH excluding ortho intramolecular Hbond substituents is 1. The minimum Gasteiger partial charge on any atom is -0.508 e. The molecule has 0 aliphatic rings. The molecular weight excluding hydrogens is 308 g/mol. The van der Waals surface area contributed by atoms with Crippen LogP contribution in [0.4, 0.5) is 0 Å².